The van der Waals surface area contributed by atoms with Gasteiger partial charge in [0.15, 0.2) is 0 Å². The van der Waals surface area contributed by atoms with Crippen molar-refractivity contribution in [2.45, 2.75) is 13.0 Å². The number of fused-ring (bicyclic) bond motifs is 1. The van der Waals surface area contributed by atoms with Crippen LogP contribution in [0.25, 0.3) is 11.0 Å². The van der Waals surface area contributed by atoms with Gasteiger partial charge >= 0.3 is 0 Å². The molecule has 3 rings (SSSR count). The predicted molar refractivity (Wildman–Crippen MR) is 78.4 cm³/mol. The van der Waals surface area contributed by atoms with Crippen molar-refractivity contribution < 1.29 is 8.81 Å². The lowest BCUT2D eigenvalue weighted by Crippen LogP contribution is -2.12. The molecule has 0 amide bonds. The zero-order chi connectivity index (χ0) is 14.3. The molecule has 1 unspecified atom stereocenters. The second-order valence-corrected chi connectivity index (χ2v) is 5.22. The van der Waals surface area contributed by atoms with Gasteiger partial charge in [-0.05, 0) is 31.2 Å². The van der Waals surface area contributed by atoms with E-state index in [4.69, 9.17) is 21.8 Å². The number of furan rings is 1. The summed E-state index contributed by atoms with van der Waals surface area (Å²) < 4.78 is 19.7. The summed E-state index contributed by atoms with van der Waals surface area (Å²) in [6.07, 6.45) is 0. The van der Waals surface area contributed by atoms with E-state index >= 15 is 0 Å². The number of hydrogen-bond acceptors (Lipinski definition) is 2. The average Bonchev–Trinajstić information content (AvgIpc) is 2.84. The summed E-state index contributed by atoms with van der Waals surface area (Å²) in [5, 5.41) is 1.02. The standard InChI is InChI=1S/C16H13ClFNO/c1-9-5-6-13-10(7-9)8-14(20-13)16(19)11-3-2-4-12(17)15(11)18/h2-8,16H,19H2,1H3. The van der Waals surface area contributed by atoms with Crippen molar-refractivity contribution in [1.29, 1.82) is 0 Å². The highest BCUT2D eigenvalue weighted by atomic mass is 35.5. The maximum absolute atomic E-state index is 14.0. The molecule has 2 N–H and O–H groups in total. The van der Waals surface area contributed by atoms with Gasteiger partial charge < -0.3 is 10.2 Å². The Morgan fingerprint density at radius 1 is 1.20 bits per heavy atom. The third-order valence-electron chi connectivity index (χ3n) is 3.31. The highest BCUT2D eigenvalue weighted by molar-refractivity contribution is 6.30. The zero-order valence-corrected chi connectivity index (χ0v) is 11.6. The molecule has 1 atom stereocenters. The van der Waals surface area contributed by atoms with Crippen LogP contribution in [0.2, 0.25) is 5.02 Å². The lowest BCUT2D eigenvalue weighted by atomic mass is 10.0. The highest BCUT2D eigenvalue weighted by Gasteiger charge is 2.19. The molecule has 3 aromatic rings. The molecule has 0 spiro atoms. The van der Waals surface area contributed by atoms with Crippen molar-refractivity contribution >= 4 is 22.6 Å². The van der Waals surface area contributed by atoms with E-state index in [2.05, 4.69) is 0 Å². The minimum atomic E-state index is -0.679. The van der Waals surface area contributed by atoms with E-state index in [0.29, 0.717) is 11.3 Å². The first kappa shape index (κ1) is 13.2. The molecule has 0 aliphatic rings. The maximum atomic E-state index is 14.0. The summed E-state index contributed by atoms with van der Waals surface area (Å²) in [5.41, 5.74) is 8.29. The third-order valence-corrected chi connectivity index (χ3v) is 3.61. The largest absolute Gasteiger partial charge is 0.459 e. The Balaban J connectivity index is 2.08. The Morgan fingerprint density at radius 3 is 2.80 bits per heavy atom. The smallest absolute Gasteiger partial charge is 0.147 e. The lowest BCUT2D eigenvalue weighted by molar-refractivity contribution is 0.510. The van der Waals surface area contributed by atoms with Crippen molar-refractivity contribution in [3.8, 4) is 0 Å². The van der Waals surface area contributed by atoms with Gasteiger partial charge in [-0.2, -0.15) is 0 Å². The number of rotatable bonds is 2. The summed E-state index contributed by atoms with van der Waals surface area (Å²) in [6, 6.07) is 11.8. The van der Waals surface area contributed by atoms with Crippen LogP contribution in [0.1, 0.15) is 22.9 Å². The second kappa shape index (κ2) is 4.93. The lowest BCUT2D eigenvalue weighted by Gasteiger charge is -2.10. The van der Waals surface area contributed by atoms with Crippen LogP contribution in [0, 0.1) is 12.7 Å². The summed E-state index contributed by atoms with van der Waals surface area (Å²) >= 11 is 5.78. The molecule has 1 heterocycles. The molecule has 0 bridgehead atoms. The van der Waals surface area contributed by atoms with Crippen molar-refractivity contribution in [3.05, 3.63) is 70.2 Å². The van der Waals surface area contributed by atoms with Crippen LogP contribution in [0.3, 0.4) is 0 Å². The predicted octanol–water partition coefficient (Wildman–Crippen LogP) is 4.58. The summed E-state index contributed by atoms with van der Waals surface area (Å²) in [4.78, 5) is 0. The van der Waals surface area contributed by atoms with Crippen LogP contribution in [0.4, 0.5) is 4.39 Å². The van der Waals surface area contributed by atoms with Gasteiger partial charge in [0.05, 0.1) is 11.1 Å². The number of aryl methyl sites for hydroxylation is 1. The first-order chi connectivity index (χ1) is 9.56. The average molecular weight is 290 g/mol. The van der Waals surface area contributed by atoms with Crippen molar-refractivity contribution in [3.63, 3.8) is 0 Å². The fourth-order valence-electron chi connectivity index (χ4n) is 2.25. The van der Waals surface area contributed by atoms with E-state index in [1.165, 1.54) is 6.07 Å². The van der Waals surface area contributed by atoms with Crippen LogP contribution in [-0.4, -0.2) is 0 Å². The molecule has 0 aliphatic carbocycles. The van der Waals surface area contributed by atoms with Crippen molar-refractivity contribution in [2.24, 2.45) is 5.73 Å². The van der Waals surface area contributed by atoms with Gasteiger partial charge in [0, 0.05) is 10.9 Å². The fraction of sp³-hybridized carbons (Fsp3) is 0.125. The van der Waals surface area contributed by atoms with E-state index in [1.54, 1.807) is 12.1 Å². The third kappa shape index (κ3) is 2.19. The first-order valence-corrected chi connectivity index (χ1v) is 6.63. The van der Waals surface area contributed by atoms with Crippen molar-refractivity contribution in [1.82, 2.24) is 0 Å². The van der Waals surface area contributed by atoms with Gasteiger partial charge in [-0.25, -0.2) is 4.39 Å². The molecule has 0 fully saturated rings. The van der Waals surface area contributed by atoms with Crippen LogP contribution < -0.4 is 5.73 Å². The maximum Gasteiger partial charge on any atom is 0.147 e. The van der Waals surface area contributed by atoms with Gasteiger partial charge in [-0.3, -0.25) is 0 Å². The Morgan fingerprint density at radius 2 is 2.00 bits per heavy atom. The van der Waals surface area contributed by atoms with E-state index in [1.807, 2.05) is 31.2 Å². The first-order valence-electron chi connectivity index (χ1n) is 6.26. The second-order valence-electron chi connectivity index (χ2n) is 4.81. The van der Waals surface area contributed by atoms with Gasteiger partial charge in [0.1, 0.15) is 17.2 Å². The highest BCUT2D eigenvalue weighted by Crippen LogP contribution is 2.30. The van der Waals surface area contributed by atoms with E-state index < -0.39 is 11.9 Å². The topological polar surface area (TPSA) is 39.2 Å². The van der Waals surface area contributed by atoms with E-state index in [9.17, 15) is 4.39 Å². The summed E-state index contributed by atoms with van der Waals surface area (Å²) in [7, 11) is 0. The minimum absolute atomic E-state index is 0.0601. The molecule has 4 heteroatoms. The van der Waals surface area contributed by atoms with E-state index in [0.717, 1.165) is 16.5 Å². The van der Waals surface area contributed by atoms with Gasteiger partial charge in [0.25, 0.3) is 0 Å². The van der Waals surface area contributed by atoms with Crippen LogP contribution in [0.15, 0.2) is 46.9 Å². The molecular formula is C16H13ClFNO. The molecule has 1 aromatic heterocycles. The zero-order valence-electron chi connectivity index (χ0n) is 10.9. The van der Waals surface area contributed by atoms with E-state index in [-0.39, 0.29) is 5.02 Å². The molecule has 2 aromatic carbocycles. The molecular weight excluding hydrogens is 277 g/mol. The minimum Gasteiger partial charge on any atom is -0.459 e. The SMILES string of the molecule is Cc1ccc2oc(C(N)c3cccc(Cl)c3F)cc2c1. The van der Waals surface area contributed by atoms with Crippen LogP contribution in [-0.2, 0) is 0 Å². The van der Waals surface area contributed by atoms with Crippen LogP contribution in [0.5, 0.6) is 0 Å². The number of hydrogen-bond donors (Lipinski definition) is 1. The van der Waals surface area contributed by atoms with Crippen LogP contribution >= 0.6 is 11.6 Å². The van der Waals surface area contributed by atoms with Crippen molar-refractivity contribution in [2.75, 3.05) is 0 Å². The van der Waals surface area contributed by atoms with Gasteiger partial charge in [-0.15, -0.1) is 0 Å². The molecule has 0 aliphatic heterocycles. The monoisotopic (exact) mass is 289 g/mol. The number of nitrogens with two attached hydrogens (primary N) is 1. The summed E-state index contributed by atoms with van der Waals surface area (Å²) in [5.74, 6) is 0.0186. The molecule has 20 heavy (non-hydrogen) atoms. The fourth-order valence-corrected chi connectivity index (χ4v) is 2.43. The molecule has 102 valence electrons. The Bertz CT molecular complexity index is 781. The molecule has 0 saturated heterocycles. The summed E-state index contributed by atoms with van der Waals surface area (Å²) in [6.45, 7) is 2.00. The quantitative estimate of drug-likeness (QED) is 0.750. The number of benzene rings is 2. The Kier molecular flexibility index (Phi) is 3.24. The number of halogens is 2. The Labute approximate surface area is 121 Å². The molecule has 2 nitrogen and oxygen atoms in total. The molecule has 0 saturated carbocycles. The Hall–Kier alpha value is -1.84. The molecule has 0 radical (unpaired) electrons. The van der Waals surface area contributed by atoms with Gasteiger partial charge in [0.2, 0.25) is 0 Å². The normalized spacial score (nSPS) is 12.8. The van der Waals surface area contributed by atoms with Gasteiger partial charge in [-0.1, -0.05) is 35.4 Å².